The lowest BCUT2D eigenvalue weighted by molar-refractivity contribution is -0.142. The van der Waals surface area contributed by atoms with Crippen LogP contribution in [0.3, 0.4) is 0 Å². The molecule has 0 aliphatic carbocycles. The quantitative estimate of drug-likeness (QED) is 0.760. The lowest BCUT2D eigenvalue weighted by Crippen LogP contribution is -2.41. The first-order valence-corrected chi connectivity index (χ1v) is 7.82. The summed E-state index contributed by atoms with van der Waals surface area (Å²) in [6.07, 6.45) is 0.00661. The van der Waals surface area contributed by atoms with Crippen molar-refractivity contribution in [3.05, 3.63) is 29.8 Å². The standard InChI is InChI=1S/C13H11N3O5S/c1-8-6-11(17)16(14-8)12(18)7-15-13(19)9-4-2-3-5-10(9)22(15,20)21/h2-5H,6-7H2,1H3. The van der Waals surface area contributed by atoms with Gasteiger partial charge in [-0.3, -0.25) is 14.4 Å². The number of rotatable bonds is 2. The average Bonchev–Trinajstić information content (AvgIpc) is 2.90. The molecule has 1 aromatic carbocycles. The smallest absolute Gasteiger partial charge is 0.270 e. The Morgan fingerprint density at radius 1 is 1.27 bits per heavy atom. The number of carbonyl (C=O) groups is 3. The Balaban J connectivity index is 1.90. The maximum absolute atomic E-state index is 12.3. The summed E-state index contributed by atoms with van der Waals surface area (Å²) in [5.74, 6) is -2.17. The van der Waals surface area contributed by atoms with Crippen molar-refractivity contribution in [2.75, 3.05) is 6.54 Å². The molecule has 0 N–H and O–H groups in total. The first-order chi connectivity index (χ1) is 10.3. The summed E-state index contributed by atoms with van der Waals surface area (Å²) in [5.41, 5.74) is 0.472. The van der Waals surface area contributed by atoms with Gasteiger partial charge in [-0.15, -0.1) is 0 Å². The van der Waals surface area contributed by atoms with Gasteiger partial charge in [-0.1, -0.05) is 12.1 Å². The van der Waals surface area contributed by atoms with Crippen LogP contribution in [-0.4, -0.2) is 47.7 Å². The molecule has 0 saturated carbocycles. The lowest BCUT2D eigenvalue weighted by Gasteiger charge is -2.16. The van der Waals surface area contributed by atoms with Gasteiger partial charge in [0.1, 0.15) is 11.4 Å². The summed E-state index contributed by atoms with van der Waals surface area (Å²) >= 11 is 0. The van der Waals surface area contributed by atoms with E-state index >= 15 is 0 Å². The Labute approximate surface area is 126 Å². The number of nitrogens with zero attached hydrogens (tertiary/aromatic N) is 3. The van der Waals surface area contributed by atoms with Crippen LogP contribution in [0, 0.1) is 0 Å². The largest absolute Gasteiger partial charge is 0.272 e. The van der Waals surface area contributed by atoms with Gasteiger partial charge in [0.15, 0.2) is 0 Å². The number of sulfonamides is 1. The monoisotopic (exact) mass is 321 g/mol. The molecule has 114 valence electrons. The molecule has 3 amide bonds. The first-order valence-electron chi connectivity index (χ1n) is 6.38. The number of hydrogen-bond acceptors (Lipinski definition) is 6. The summed E-state index contributed by atoms with van der Waals surface area (Å²) in [4.78, 5) is 35.7. The minimum atomic E-state index is -4.07. The first kappa shape index (κ1) is 14.4. The molecule has 0 atom stereocenters. The SMILES string of the molecule is CC1=NN(C(=O)CN2C(=O)c3ccccc3S2(=O)=O)C(=O)C1. The van der Waals surface area contributed by atoms with E-state index in [1.807, 2.05) is 0 Å². The minimum absolute atomic E-state index is 0.00661. The molecular formula is C13H11N3O5S. The van der Waals surface area contributed by atoms with Crippen molar-refractivity contribution in [2.24, 2.45) is 5.10 Å². The molecule has 0 spiro atoms. The molecule has 0 radical (unpaired) electrons. The summed E-state index contributed by atoms with van der Waals surface area (Å²) < 4.78 is 25.1. The number of carbonyl (C=O) groups excluding carboxylic acids is 3. The van der Waals surface area contributed by atoms with Crippen LogP contribution in [0.1, 0.15) is 23.7 Å². The van der Waals surface area contributed by atoms with E-state index in [-0.39, 0.29) is 16.9 Å². The van der Waals surface area contributed by atoms with Crippen molar-refractivity contribution in [3.63, 3.8) is 0 Å². The van der Waals surface area contributed by atoms with Gasteiger partial charge in [0, 0.05) is 5.71 Å². The molecule has 9 heteroatoms. The van der Waals surface area contributed by atoms with Crippen molar-refractivity contribution in [3.8, 4) is 0 Å². The molecular weight excluding hydrogens is 310 g/mol. The second-order valence-corrected chi connectivity index (χ2v) is 6.76. The maximum atomic E-state index is 12.3. The van der Waals surface area contributed by atoms with E-state index in [1.54, 1.807) is 6.92 Å². The molecule has 2 aliphatic rings. The Morgan fingerprint density at radius 3 is 2.55 bits per heavy atom. The van der Waals surface area contributed by atoms with Crippen molar-refractivity contribution in [1.29, 1.82) is 0 Å². The van der Waals surface area contributed by atoms with E-state index in [2.05, 4.69) is 5.10 Å². The molecule has 0 aromatic heterocycles. The van der Waals surface area contributed by atoms with Gasteiger partial charge in [-0.2, -0.15) is 10.1 Å². The van der Waals surface area contributed by atoms with Gasteiger partial charge in [0.2, 0.25) is 0 Å². The lowest BCUT2D eigenvalue weighted by atomic mass is 10.2. The molecule has 22 heavy (non-hydrogen) atoms. The molecule has 0 bridgehead atoms. The summed E-state index contributed by atoms with van der Waals surface area (Å²) in [5, 5.41) is 4.36. The number of amides is 3. The molecule has 8 nitrogen and oxygen atoms in total. The predicted octanol–water partition coefficient (Wildman–Crippen LogP) is -0.0341. The highest BCUT2D eigenvalue weighted by molar-refractivity contribution is 7.90. The fourth-order valence-corrected chi connectivity index (χ4v) is 3.85. The number of hydrogen-bond donors (Lipinski definition) is 0. The Hall–Kier alpha value is -2.55. The molecule has 2 aliphatic heterocycles. The fourth-order valence-electron chi connectivity index (χ4n) is 2.33. The van der Waals surface area contributed by atoms with Crippen LogP contribution in [0.25, 0.3) is 0 Å². The Morgan fingerprint density at radius 2 is 1.95 bits per heavy atom. The van der Waals surface area contributed by atoms with E-state index in [0.717, 1.165) is 0 Å². The molecule has 0 saturated heterocycles. The van der Waals surface area contributed by atoms with Gasteiger partial charge >= 0.3 is 0 Å². The predicted molar refractivity (Wildman–Crippen MR) is 74.2 cm³/mol. The van der Waals surface area contributed by atoms with E-state index in [9.17, 15) is 22.8 Å². The molecule has 3 rings (SSSR count). The van der Waals surface area contributed by atoms with Gasteiger partial charge in [-0.05, 0) is 19.1 Å². The normalized spacial score (nSPS) is 19.4. The molecule has 0 fully saturated rings. The van der Waals surface area contributed by atoms with Crippen LogP contribution in [0.15, 0.2) is 34.3 Å². The van der Waals surface area contributed by atoms with Crippen molar-refractivity contribution in [2.45, 2.75) is 18.2 Å². The highest BCUT2D eigenvalue weighted by Crippen LogP contribution is 2.29. The second kappa shape index (κ2) is 4.73. The van der Waals surface area contributed by atoms with Crippen LogP contribution >= 0.6 is 0 Å². The third-order valence-electron chi connectivity index (χ3n) is 3.34. The molecule has 1 aromatic rings. The minimum Gasteiger partial charge on any atom is -0.272 e. The third kappa shape index (κ3) is 2.01. The van der Waals surface area contributed by atoms with Crippen LogP contribution in [-0.2, 0) is 19.6 Å². The van der Waals surface area contributed by atoms with E-state index in [4.69, 9.17) is 0 Å². The molecule has 0 unspecified atom stereocenters. The summed E-state index contributed by atoms with van der Waals surface area (Å²) in [7, 11) is -4.07. The highest BCUT2D eigenvalue weighted by Gasteiger charge is 2.43. The van der Waals surface area contributed by atoms with Crippen LogP contribution < -0.4 is 0 Å². The van der Waals surface area contributed by atoms with Crippen molar-refractivity contribution < 1.29 is 22.8 Å². The van der Waals surface area contributed by atoms with Crippen LogP contribution in [0.4, 0.5) is 0 Å². The van der Waals surface area contributed by atoms with E-state index in [1.165, 1.54) is 24.3 Å². The van der Waals surface area contributed by atoms with Crippen molar-refractivity contribution in [1.82, 2.24) is 9.31 Å². The van der Waals surface area contributed by atoms with E-state index in [0.29, 0.717) is 15.0 Å². The van der Waals surface area contributed by atoms with E-state index < -0.39 is 34.3 Å². The van der Waals surface area contributed by atoms with Gasteiger partial charge in [0.05, 0.1) is 12.0 Å². The number of hydrazone groups is 1. The van der Waals surface area contributed by atoms with Crippen LogP contribution in [0.5, 0.6) is 0 Å². The van der Waals surface area contributed by atoms with Gasteiger partial charge < -0.3 is 0 Å². The average molecular weight is 321 g/mol. The Bertz CT molecular complexity index is 843. The van der Waals surface area contributed by atoms with Crippen LogP contribution in [0.2, 0.25) is 0 Å². The highest BCUT2D eigenvalue weighted by atomic mass is 32.2. The zero-order valence-corrected chi connectivity index (χ0v) is 12.3. The summed E-state index contributed by atoms with van der Waals surface area (Å²) in [6, 6.07) is 5.71. The number of imide groups is 1. The topological polar surface area (TPSA) is 104 Å². The second-order valence-electron chi connectivity index (χ2n) is 4.92. The van der Waals surface area contributed by atoms with Gasteiger partial charge in [-0.25, -0.2) is 12.7 Å². The van der Waals surface area contributed by atoms with Crippen molar-refractivity contribution >= 4 is 33.5 Å². The zero-order chi connectivity index (χ0) is 16.1. The Kier molecular flexibility index (Phi) is 3.10. The van der Waals surface area contributed by atoms with Gasteiger partial charge in [0.25, 0.3) is 27.7 Å². The fraction of sp³-hybridized carbons (Fsp3) is 0.231. The zero-order valence-electron chi connectivity index (χ0n) is 11.5. The summed E-state index contributed by atoms with van der Waals surface area (Å²) in [6.45, 7) is 0.831. The maximum Gasteiger partial charge on any atom is 0.270 e. The number of benzene rings is 1. The number of fused-ring (bicyclic) bond motifs is 1. The third-order valence-corrected chi connectivity index (χ3v) is 5.13. The molecule has 2 heterocycles.